The van der Waals surface area contributed by atoms with Gasteiger partial charge in [0.2, 0.25) is 0 Å². The van der Waals surface area contributed by atoms with Gasteiger partial charge < -0.3 is 9.84 Å². The molecule has 0 aliphatic carbocycles. The first-order valence-electron chi connectivity index (χ1n) is 16.7. The van der Waals surface area contributed by atoms with Crippen molar-refractivity contribution in [1.82, 2.24) is 9.80 Å². The second-order valence-electron chi connectivity index (χ2n) is 12.8. The molecule has 49 heavy (non-hydrogen) atoms. The summed E-state index contributed by atoms with van der Waals surface area (Å²) in [5, 5.41) is 9.00. The van der Waals surface area contributed by atoms with Crippen molar-refractivity contribution in [2.75, 3.05) is 26.2 Å². The van der Waals surface area contributed by atoms with Crippen molar-refractivity contribution < 1.29 is 33.0 Å². The molecule has 0 atom stereocenters. The van der Waals surface area contributed by atoms with Gasteiger partial charge in [0.05, 0.1) is 17.5 Å². The highest BCUT2D eigenvalue weighted by Crippen LogP contribution is 2.40. The summed E-state index contributed by atoms with van der Waals surface area (Å²) in [5.74, 6) is -1.26. The zero-order valence-corrected chi connectivity index (χ0v) is 27.7. The van der Waals surface area contributed by atoms with Crippen molar-refractivity contribution in [2.24, 2.45) is 0 Å². The van der Waals surface area contributed by atoms with Crippen LogP contribution < -0.4 is 4.74 Å². The number of Topliss-reactive ketones (excluding diaryl/α,β-unsaturated/α-hetero) is 3. The minimum Gasteiger partial charge on any atom is -0.507 e. The molecule has 3 heterocycles. The Balaban J connectivity index is 0.000000159. The Morgan fingerprint density at radius 1 is 0.735 bits per heavy atom. The largest absolute Gasteiger partial charge is 0.507 e. The van der Waals surface area contributed by atoms with Crippen LogP contribution in [0.25, 0.3) is 0 Å². The molecule has 0 amide bonds. The number of hydrogen-bond acceptors (Lipinski definition) is 7. The van der Waals surface area contributed by atoms with Gasteiger partial charge >= 0.3 is 0 Å². The molecule has 0 aromatic heterocycles. The lowest BCUT2D eigenvalue weighted by molar-refractivity contribution is -0.121. The van der Waals surface area contributed by atoms with Crippen molar-refractivity contribution >= 4 is 17.3 Å². The summed E-state index contributed by atoms with van der Waals surface area (Å²) in [6.45, 7) is 6.71. The van der Waals surface area contributed by atoms with E-state index in [2.05, 4.69) is 58.3 Å². The number of fused-ring (bicyclic) bond motifs is 1. The Morgan fingerprint density at radius 2 is 1.27 bits per heavy atom. The summed E-state index contributed by atoms with van der Waals surface area (Å²) in [4.78, 5) is 38.9. The summed E-state index contributed by atoms with van der Waals surface area (Å²) in [6.07, 6.45) is 3.32. The molecular formula is C40H42F2N2O5. The van der Waals surface area contributed by atoms with Crippen LogP contribution in [-0.4, -0.2) is 64.0 Å². The highest BCUT2D eigenvalue weighted by molar-refractivity contribution is 6.00. The molecule has 7 nitrogen and oxygen atoms in total. The number of aromatic hydroxyl groups is 1. The molecule has 0 saturated carbocycles. The molecule has 2 fully saturated rings. The third kappa shape index (κ3) is 9.68. The molecule has 9 heteroatoms. The number of carbonyl (C=O) groups is 3. The van der Waals surface area contributed by atoms with Gasteiger partial charge in [0.1, 0.15) is 34.5 Å². The Morgan fingerprint density at radius 3 is 1.80 bits per heavy atom. The zero-order valence-electron chi connectivity index (χ0n) is 27.7. The van der Waals surface area contributed by atoms with Crippen molar-refractivity contribution in [3.63, 3.8) is 0 Å². The number of benzene rings is 4. The van der Waals surface area contributed by atoms with Gasteiger partial charge in [-0.1, -0.05) is 72.8 Å². The summed E-state index contributed by atoms with van der Waals surface area (Å²) < 4.78 is 32.7. The second kappa shape index (κ2) is 16.6. The van der Waals surface area contributed by atoms with Crippen molar-refractivity contribution in [3.8, 4) is 11.5 Å². The summed E-state index contributed by atoms with van der Waals surface area (Å²) in [7, 11) is 0. The number of phenolic OH excluding ortho intramolecular Hbond substituents is 1. The maximum Gasteiger partial charge on any atom is 0.173 e. The Kier molecular flexibility index (Phi) is 12.0. The standard InChI is InChI=1S/C20H20FNO2.C12H15NO.C8H7FO2/c21-16-7-4-8-18-19(16)17(23)13-20(24-18)9-11-22(12-10-20)14-15-5-2-1-3-6-15;14-12-6-8-13(9-7-12)10-11-4-2-1-3-5-11;1-5(10)8-6(9)3-2-4-7(8)11/h1-8H,9-14H2;1-5H,6-10H2;2-4,11H,1H3. The van der Waals surface area contributed by atoms with Crippen LogP contribution in [0.3, 0.4) is 0 Å². The van der Waals surface area contributed by atoms with Crippen LogP contribution in [0, 0.1) is 11.6 Å². The fourth-order valence-corrected chi connectivity index (χ4v) is 6.41. The van der Waals surface area contributed by atoms with E-state index < -0.39 is 23.0 Å². The number of rotatable bonds is 5. The van der Waals surface area contributed by atoms with E-state index in [1.54, 1.807) is 12.1 Å². The SMILES string of the molecule is CC(=O)c1c(O)cccc1F.O=C1CC2(CCN(Cc3ccccc3)CC2)Oc2cccc(F)c21.O=C1CCN(Cc2ccccc2)CC1. The van der Waals surface area contributed by atoms with E-state index in [9.17, 15) is 23.2 Å². The first kappa shape index (κ1) is 35.6. The van der Waals surface area contributed by atoms with Gasteiger partial charge in [-0.15, -0.1) is 0 Å². The smallest absolute Gasteiger partial charge is 0.173 e. The minimum atomic E-state index is -0.683. The van der Waals surface area contributed by atoms with Gasteiger partial charge in [-0.3, -0.25) is 24.2 Å². The fraction of sp³-hybridized carbons (Fsp3) is 0.325. The maximum absolute atomic E-state index is 13.9. The normalized spacial score (nSPS) is 17.1. The Bertz CT molecular complexity index is 1710. The van der Waals surface area contributed by atoms with Gasteiger partial charge in [-0.2, -0.15) is 0 Å². The topological polar surface area (TPSA) is 87.1 Å². The van der Waals surface area contributed by atoms with Crippen molar-refractivity contribution in [3.05, 3.63) is 131 Å². The molecule has 1 N–H and O–H groups in total. The number of carbonyl (C=O) groups excluding carboxylic acids is 3. The molecule has 4 aromatic carbocycles. The number of nitrogens with zero attached hydrogens (tertiary/aromatic N) is 2. The van der Waals surface area contributed by atoms with Crippen LogP contribution in [0.15, 0.2) is 97.1 Å². The first-order valence-corrected chi connectivity index (χ1v) is 16.7. The van der Waals surface area contributed by atoms with Crippen molar-refractivity contribution in [1.29, 1.82) is 0 Å². The number of halogens is 2. The highest BCUT2D eigenvalue weighted by atomic mass is 19.1. The number of phenols is 1. The number of likely N-dealkylation sites (tertiary alicyclic amines) is 2. The quantitative estimate of drug-likeness (QED) is 0.222. The third-order valence-electron chi connectivity index (χ3n) is 9.09. The molecule has 256 valence electrons. The summed E-state index contributed by atoms with van der Waals surface area (Å²) in [6, 6.07) is 29.2. The molecule has 2 saturated heterocycles. The van der Waals surface area contributed by atoms with Crippen LogP contribution in [-0.2, 0) is 17.9 Å². The third-order valence-corrected chi connectivity index (χ3v) is 9.09. The average molecular weight is 669 g/mol. The van der Waals surface area contributed by atoms with Gasteiger partial charge in [-0.25, -0.2) is 8.78 Å². The van der Waals surface area contributed by atoms with Gasteiger partial charge in [0.25, 0.3) is 0 Å². The van der Waals surface area contributed by atoms with E-state index in [1.807, 2.05) is 12.1 Å². The van der Waals surface area contributed by atoms with Crippen LogP contribution in [0.4, 0.5) is 8.78 Å². The Hall–Kier alpha value is -4.73. The number of ether oxygens (including phenoxy) is 1. The van der Waals surface area contributed by atoms with Gasteiger partial charge in [-0.05, 0) is 42.3 Å². The molecule has 4 aromatic rings. The van der Waals surface area contributed by atoms with Gasteiger partial charge in [0, 0.05) is 65.0 Å². The van der Waals surface area contributed by atoms with Crippen LogP contribution in [0.1, 0.15) is 70.9 Å². The molecule has 3 aliphatic rings. The predicted molar refractivity (Wildman–Crippen MR) is 184 cm³/mol. The van der Waals surface area contributed by atoms with E-state index in [4.69, 9.17) is 9.84 Å². The van der Waals surface area contributed by atoms with Crippen LogP contribution in [0.5, 0.6) is 11.5 Å². The predicted octanol–water partition coefficient (Wildman–Crippen LogP) is 7.41. The summed E-state index contributed by atoms with van der Waals surface area (Å²) >= 11 is 0. The lowest BCUT2D eigenvalue weighted by Crippen LogP contribution is -2.50. The lowest BCUT2D eigenvalue weighted by Gasteiger charge is -2.44. The molecule has 3 aliphatic heterocycles. The van der Waals surface area contributed by atoms with Crippen molar-refractivity contribution in [2.45, 2.75) is 57.7 Å². The molecule has 0 bridgehead atoms. The molecule has 0 radical (unpaired) electrons. The Labute approximate surface area is 286 Å². The van der Waals surface area contributed by atoms with E-state index in [0.29, 0.717) is 11.5 Å². The minimum absolute atomic E-state index is 0.120. The number of ketones is 3. The van der Waals surface area contributed by atoms with E-state index in [-0.39, 0.29) is 29.1 Å². The van der Waals surface area contributed by atoms with E-state index >= 15 is 0 Å². The number of hydrogen-bond donors (Lipinski definition) is 1. The summed E-state index contributed by atoms with van der Waals surface area (Å²) in [5.41, 5.74) is 2.04. The zero-order chi connectivity index (χ0) is 34.8. The highest BCUT2D eigenvalue weighted by Gasteiger charge is 2.43. The van der Waals surface area contributed by atoms with Crippen LogP contribution >= 0.6 is 0 Å². The molecule has 0 unspecified atom stereocenters. The van der Waals surface area contributed by atoms with Gasteiger partial charge in [0.15, 0.2) is 11.6 Å². The molecular weight excluding hydrogens is 626 g/mol. The van der Waals surface area contributed by atoms with E-state index in [1.165, 1.54) is 36.2 Å². The van der Waals surface area contributed by atoms with Crippen LogP contribution in [0.2, 0.25) is 0 Å². The average Bonchev–Trinajstić information content (AvgIpc) is 3.08. The lowest BCUT2D eigenvalue weighted by atomic mass is 9.82. The second-order valence-corrected chi connectivity index (χ2v) is 12.8. The monoisotopic (exact) mass is 668 g/mol. The number of piperidine rings is 2. The molecule has 7 rings (SSSR count). The van der Waals surface area contributed by atoms with E-state index in [0.717, 1.165) is 71.0 Å². The first-order chi connectivity index (χ1) is 23.6. The maximum atomic E-state index is 13.9. The molecule has 1 spiro atoms. The fourth-order valence-electron chi connectivity index (χ4n) is 6.41.